The summed E-state index contributed by atoms with van der Waals surface area (Å²) in [6, 6.07) is 8.03. The third-order valence-corrected chi connectivity index (χ3v) is 3.99. The van der Waals surface area contributed by atoms with Gasteiger partial charge in [0.1, 0.15) is 6.07 Å². The molecule has 0 fully saturated rings. The summed E-state index contributed by atoms with van der Waals surface area (Å²) in [5, 5.41) is 12.4. The molecular weight excluding hydrogens is 252 g/mol. The van der Waals surface area contributed by atoms with Crippen molar-refractivity contribution in [3.05, 3.63) is 23.8 Å². The van der Waals surface area contributed by atoms with Gasteiger partial charge in [-0.15, -0.1) is 11.8 Å². The van der Waals surface area contributed by atoms with Crippen LogP contribution in [0.1, 0.15) is 12.5 Å². The van der Waals surface area contributed by atoms with Gasteiger partial charge in [-0.25, -0.2) is 0 Å². The highest BCUT2D eigenvalue weighted by Gasteiger charge is 2.10. The molecule has 1 aromatic carbocycles. The largest absolute Gasteiger partial charge is 0.381 e. The van der Waals surface area contributed by atoms with Crippen LogP contribution in [0.25, 0.3) is 0 Å². The minimum absolute atomic E-state index is 0.0880. The van der Waals surface area contributed by atoms with E-state index in [0.717, 1.165) is 10.6 Å². The minimum atomic E-state index is -0.836. The first-order valence-corrected chi connectivity index (χ1v) is 8.17. The maximum atomic E-state index is 11.1. The molecule has 0 aliphatic rings. The zero-order chi connectivity index (χ0) is 12.8. The number of nitrogens with zero attached hydrogens (tertiary/aromatic N) is 1. The fourth-order valence-electron chi connectivity index (χ4n) is 1.60. The summed E-state index contributed by atoms with van der Waals surface area (Å²) in [5.41, 5.74) is 1.48. The Labute approximate surface area is 109 Å². The van der Waals surface area contributed by atoms with E-state index in [4.69, 9.17) is 5.26 Å². The lowest BCUT2D eigenvalue weighted by Crippen LogP contribution is -2.22. The summed E-state index contributed by atoms with van der Waals surface area (Å²) in [7, 11) is -0.836. The van der Waals surface area contributed by atoms with Gasteiger partial charge in [-0.1, -0.05) is 6.07 Å². The van der Waals surface area contributed by atoms with Crippen LogP contribution >= 0.6 is 11.8 Å². The van der Waals surface area contributed by atoms with E-state index in [1.165, 1.54) is 0 Å². The third kappa shape index (κ3) is 4.06. The Hall–Kier alpha value is -0.990. The molecule has 0 aliphatic heterocycles. The lowest BCUT2D eigenvalue weighted by molar-refractivity contribution is 0.683. The zero-order valence-electron chi connectivity index (χ0n) is 10.2. The van der Waals surface area contributed by atoms with E-state index < -0.39 is 10.8 Å². The van der Waals surface area contributed by atoms with Crippen molar-refractivity contribution in [2.45, 2.75) is 17.9 Å². The summed E-state index contributed by atoms with van der Waals surface area (Å²) in [6.45, 7) is 1.97. The molecular formula is C12H16N2OS2. The molecule has 0 saturated heterocycles. The predicted molar refractivity (Wildman–Crippen MR) is 75.0 cm³/mol. The SMILES string of the molecule is CSc1cccc(NC(C)CS(C)=O)c1C#N. The van der Waals surface area contributed by atoms with Crippen LogP contribution in [-0.2, 0) is 10.8 Å². The summed E-state index contributed by atoms with van der Waals surface area (Å²) in [4.78, 5) is 0.960. The number of rotatable bonds is 5. The van der Waals surface area contributed by atoms with Crippen LogP contribution in [0.5, 0.6) is 0 Å². The second kappa shape index (κ2) is 6.67. The Balaban J connectivity index is 2.91. The van der Waals surface area contributed by atoms with Gasteiger partial charge in [-0.05, 0) is 25.3 Å². The fourth-order valence-corrected chi connectivity index (χ4v) is 2.96. The molecule has 2 atom stereocenters. The van der Waals surface area contributed by atoms with Crippen LogP contribution in [0.4, 0.5) is 5.69 Å². The van der Waals surface area contributed by atoms with Crippen LogP contribution < -0.4 is 5.32 Å². The molecule has 0 aliphatic carbocycles. The van der Waals surface area contributed by atoms with Crippen LogP contribution in [0.2, 0.25) is 0 Å². The average Bonchev–Trinajstić information content (AvgIpc) is 2.27. The number of nitrogens with one attached hydrogen (secondary N) is 1. The van der Waals surface area contributed by atoms with Gasteiger partial charge < -0.3 is 5.32 Å². The molecule has 1 rings (SSSR count). The van der Waals surface area contributed by atoms with Crippen LogP contribution in [0.3, 0.4) is 0 Å². The minimum Gasteiger partial charge on any atom is -0.381 e. The molecule has 92 valence electrons. The van der Waals surface area contributed by atoms with Gasteiger partial charge in [0.2, 0.25) is 0 Å². The highest BCUT2D eigenvalue weighted by molar-refractivity contribution is 7.98. The molecule has 0 heterocycles. The standard InChI is InChI=1S/C12H16N2OS2/c1-9(8-17(3)15)14-11-5-4-6-12(16-2)10(11)7-13/h4-6,9,14H,8H2,1-3H3. The van der Waals surface area contributed by atoms with E-state index in [9.17, 15) is 4.21 Å². The van der Waals surface area contributed by atoms with E-state index >= 15 is 0 Å². The molecule has 0 aromatic heterocycles. The monoisotopic (exact) mass is 268 g/mol. The van der Waals surface area contributed by atoms with Crippen molar-refractivity contribution < 1.29 is 4.21 Å². The van der Waals surface area contributed by atoms with Gasteiger partial charge in [0, 0.05) is 33.7 Å². The van der Waals surface area contributed by atoms with Crippen molar-refractivity contribution in [3.8, 4) is 6.07 Å². The van der Waals surface area contributed by atoms with Gasteiger partial charge in [0.25, 0.3) is 0 Å². The number of anilines is 1. The highest BCUT2D eigenvalue weighted by atomic mass is 32.2. The molecule has 1 N–H and O–H groups in total. The third-order valence-electron chi connectivity index (χ3n) is 2.24. The molecule has 3 nitrogen and oxygen atoms in total. The van der Waals surface area contributed by atoms with Crippen molar-refractivity contribution in [1.82, 2.24) is 0 Å². The maximum absolute atomic E-state index is 11.1. The molecule has 0 amide bonds. The van der Waals surface area contributed by atoms with E-state index in [-0.39, 0.29) is 6.04 Å². The summed E-state index contributed by atoms with van der Waals surface area (Å²) < 4.78 is 11.1. The molecule has 0 saturated carbocycles. The summed E-state index contributed by atoms with van der Waals surface area (Å²) in [6.07, 6.45) is 3.63. The maximum Gasteiger partial charge on any atom is 0.102 e. The molecule has 0 bridgehead atoms. The first-order chi connectivity index (χ1) is 8.08. The van der Waals surface area contributed by atoms with Crippen molar-refractivity contribution >= 4 is 28.2 Å². The molecule has 2 unspecified atom stereocenters. The second-order valence-corrected chi connectivity index (χ2v) is 6.11. The first kappa shape index (κ1) is 14.1. The van der Waals surface area contributed by atoms with Crippen molar-refractivity contribution in [2.24, 2.45) is 0 Å². The Morgan fingerprint density at radius 3 is 2.82 bits per heavy atom. The van der Waals surface area contributed by atoms with E-state index in [2.05, 4.69) is 11.4 Å². The van der Waals surface area contributed by atoms with Gasteiger partial charge >= 0.3 is 0 Å². The predicted octanol–water partition coefficient (Wildman–Crippen LogP) is 2.46. The van der Waals surface area contributed by atoms with Crippen molar-refractivity contribution in [3.63, 3.8) is 0 Å². The van der Waals surface area contributed by atoms with Crippen molar-refractivity contribution in [2.75, 3.05) is 23.6 Å². The summed E-state index contributed by atoms with van der Waals surface area (Å²) >= 11 is 1.55. The van der Waals surface area contributed by atoms with E-state index in [1.54, 1.807) is 18.0 Å². The average molecular weight is 268 g/mol. The Morgan fingerprint density at radius 2 is 2.29 bits per heavy atom. The highest BCUT2D eigenvalue weighted by Crippen LogP contribution is 2.26. The van der Waals surface area contributed by atoms with Crippen LogP contribution in [0, 0.1) is 11.3 Å². The normalized spacial score (nSPS) is 13.8. The van der Waals surface area contributed by atoms with Crippen LogP contribution in [-0.4, -0.2) is 28.5 Å². The molecule has 0 radical (unpaired) electrons. The smallest absolute Gasteiger partial charge is 0.102 e. The number of nitriles is 1. The molecule has 17 heavy (non-hydrogen) atoms. The van der Waals surface area contributed by atoms with Crippen LogP contribution in [0.15, 0.2) is 23.1 Å². The van der Waals surface area contributed by atoms with E-state index in [1.807, 2.05) is 31.4 Å². The molecule has 5 heteroatoms. The van der Waals surface area contributed by atoms with Gasteiger partial charge in [0.05, 0.1) is 11.3 Å². The van der Waals surface area contributed by atoms with Crippen molar-refractivity contribution in [1.29, 1.82) is 5.26 Å². The summed E-state index contributed by atoms with van der Waals surface area (Å²) in [5.74, 6) is 0.578. The zero-order valence-corrected chi connectivity index (χ0v) is 11.8. The number of hydrogen-bond acceptors (Lipinski definition) is 4. The fraction of sp³-hybridized carbons (Fsp3) is 0.417. The molecule has 1 aromatic rings. The Bertz CT molecular complexity index is 454. The lowest BCUT2D eigenvalue weighted by Gasteiger charge is -2.16. The molecule has 0 spiro atoms. The quantitative estimate of drug-likeness (QED) is 0.833. The number of benzene rings is 1. The number of thioether (sulfide) groups is 1. The number of hydrogen-bond donors (Lipinski definition) is 1. The van der Waals surface area contributed by atoms with Gasteiger partial charge in [0.15, 0.2) is 0 Å². The van der Waals surface area contributed by atoms with Gasteiger partial charge in [-0.2, -0.15) is 5.26 Å². The lowest BCUT2D eigenvalue weighted by atomic mass is 10.2. The Morgan fingerprint density at radius 1 is 1.59 bits per heavy atom. The first-order valence-electron chi connectivity index (χ1n) is 5.22. The second-order valence-electron chi connectivity index (χ2n) is 3.78. The van der Waals surface area contributed by atoms with E-state index in [0.29, 0.717) is 11.3 Å². The topological polar surface area (TPSA) is 52.9 Å². The Kier molecular flexibility index (Phi) is 5.52. The van der Waals surface area contributed by atoms with Gasteiger partial charge in [-0.3, -0.25) is 4.21 Å².